The van der Waals surface area contributed by atoms with Crippen LogP contribution in [0.1, 0.15) is 11.1 Å². The van der Waals surface area contributed by atoms with Crippen molar-refractivity contribution >= 4 is 15.5 Å². The van der Waals surface area contributed by atoms with Gasteiger partial charge >= 0.3 is 0 Å². The maximum Gasteiger partial charge on any atom is 0.182 e. The Morgan fingerprint density at radius 3 is 2.46 bits per heavy atom. The van der Waals surface area contributed by atoms with Crippen LogP contribution < -0.4 is 5.32 Å². The van der Waals surface area contributed by atoms with Gasteiger partial charge in [0.2, 0.25) is 0 Å². The molecule has 0 aliphatic heterocycles. The maximum absolute atomic E-state index is 12.8. The van der Waals surface area contributed by atoms with Crippen LogP contribution in [0.25, 0.3) is 11.1 Å². The second-order valence-electron chi connectivity index (χ2n) is 5.89. The first-order valence-electron chi connectivity index (χ1n) is 8.18. The fourth-order valence-electron chi connectivity index (χ4n) is 3.00. The molecule has 3 rings (SSSR count). The molecule has 0 fully saturated rings. The molecule has 0 unspecified atom stereocenters. The van der Waals surface area contributed by atoms with Crippen LogP contribution in [-0.2, 0) is 26.9 Å². The van der Waals surface area contributed by atoms with Crippen LogP contribution in [0.4, 0.5) is 5.69 Å². The van der Waals surface area contributed by atoms with E-state index in [1.165, 1.54) is 0 Å². The van der Waals surface area contributed by atoms with Gasteiger partial charge in [-0.3, -0.25) is 0 Å². The predicted molar refractivity (Wildman–Crippen MR) is 102 cm³/mol. The highest BCUT2D eigenvalue weighted by Gasteiger charge is 2.20. The van der Waals surface area contributed by atoms with E-state index < -0.39 is 9.84 Å². The van der Waals surface area contributed by atoms with Crippen molar-refractivity contribution in [1.29, 1.82) is 0 Å². The van der Waals surface area contributed by atoms with Gasteiger partial charge in [-0.05, 0) is 23.8 Å². The van der Waals surface area contributed by atoms with Crippen LogP contribution in [-0.4, -0.2) is 22.6 Å². The van der Waals surface area contributed by atoms with Crippen LogP contribution in [0.15, 0.2) is 70.4 Å². The van der Waals surface area contributed by atoms with Crippen LogP contribution in [0.2, 0.25) is 0 Å². The lowest BCUT2D eigenvalue weighted by Crippen LogP contribution is -2.10. The second kappa shape index (κ2) is 7.76. The molecule has 0 atom stereocenters. The highest BCUT2D eigenvalue weighted by Crippen LogP contribution is 2.35. The van der Waals surface area contributed by atoms with Crippen LogP contribution in [0, 0.1) is 0 Å². The number of nitrogens with one attached hydrogen (secondary N) is 1. The van der Waals surface area contributed by atoms with Crippen molar-refractivity contribution in [2.45, 2.75) is 17.3 Å². The highest BCUT2D eigenvalue weighted by molar-refractivity contribution is 7.90. The van der Waals surface area contributed by atoms with Gasteiger partial charge in [-0.2, -0.15) is 0 Å². The van der Waals surface area contributed by atoms with E-state index in [1.54, 1.807) is 50.0 Å². The SMILES string of the molecule is CNc1c(-c2ccoc2)ccc(CS(=O)(=O)c2ccccc2)c1COC. The Morgan fingerprint density at radius 2 is 1.85 bits per heavy atom. The van der Waals surface area contributed by atoms with E-state index in [9.17, 15) is 8.42 Å². The maximum atomic E-state index is 12.8. The molecule has 26 heavy (non-hydrogen) atoms. The van der Waals surface area contributed by atoms with Crippen molar-refractivity contribution < 1.29 is 17.6 Å². The molecule has 0 saturated carbocycles. The number of benzene rings is 2. The van der Waals surface area contributed by atoms with Crippen LogP contribution in [0.5, 0.6) is 0 Å². The summed E-state index contributed by atoms with van der Waals surface area (Å²) >= 11 is 0. The Labute approximate surface area is 153 Å². The lowest BCUT2D eigenvalue weighted by Gasteiger charge is -2.18. The zero-order chi connectivity index (χ0) is 18.6. The third-order valence-corrected chi connectivity index (χ3v) is 5.91. The molecule has 0 radical (unpaired) electrons. The van der Waals surface area contributed by atoms with Crippen molar-refractivity contribution in [2.75, 3.05) is 19.5 Å². The number of furan rings is 1. The topological polar surface area (TPSA) is 68.5 Å². The number of sulfone groups is 1. The van der Waals surface area contributed by atoms with Gasteiger partial charge in [-0.15, -0.1) is 0 Å². The van der Waals surface area contributed by atoms with Crippen molar-refractivity contribution in [3.63, 3.8) is 0 Å². The minimum Gasteiger partial charge on any atom is -0.472 e. The summed E-state index contributed by atoms with van der Waals surface area (Å²) in [5, 5.41) is 3.19. The molecule has 6 heteroatoms. The fraction of sp³-hybridized carbons (Fsp3) is 0.200. The Bertz CT molecular complexity index is 965. The van der Waals surface area contributed by atoms with E-state index in [0.717, 1.165) is 22.4 Å². The molecule has 1 aromatic heterocycles. The summed E-state index contributed by atoms with van der Waals surface area (Å²) in [5.74, 6) is -0.0872. The standard InChI is InChI=1S/C20H21NO4S/c1-21-20-18(15-10-11-25-12-15)9-8-16(19(20)13-24-2)14-26(22,23)17-6-4-3-5-7-17/h3-12,21H,13-14H2,1-2H3. The van der Waals surface area contributed by atoms with Crippen LogP contribution >= 0.6 is 0 Å². The van der Waals surface area contributed by atoms with Gasteiger partial charge in [0.25, 0.3) is 0 Å². The Hall–Kier alpha value is -2.57. The highest BCUT2D eigenvalue weighted by atomic mass is 32.2. The molecule has 5 nitrogen and oxygen atoms in total. The zero-order valence-corrected chi connectivity index (χ0v) is 15.5. The molecule has 1 heterocycles. The van der Waals surface area contributed by atoms with Gasteiger partial charge in [0.1, 0.15) is 0 Å². The quantitative estimate of drug-likeness (QED) is 0.677. The van der Waals surface area contributed by atoms with Crippen molar-refractivity contribution in [3.8, 4) is 11.1 Å². The number of hydrogen-bond acceptors (Lipinski definition) is 5. The lowest BCUT2D eigenvalue weighted by atomic mass is 9.98. The van der Waals surface area contributed by atoms with Gasteiger partial charge in [0, 0.05) is 36.5 Å². The molecule has 0 aliphatic rings. The van der Waals surface area contributed by atoms with Crippen LogP contribution in [0.3, 0.4) is 0 Å². The summed E-state index contributed by atoms with van der Waals surface area (Å²) in [6, 6.07) is 14.1. The number of ether oxygens (including phenoxy) is 1. The minimum absolute atomic E-state index is 0.0872. The number of methoxy groups -OCH3 is 1. The first kappa shape index (κ1) is 18.2. The molecule has 0 amide bonds. The number of anilines is 1. The summed E-state index contributed by atoms with van der Waals surface area (Å²) in [6.07, 6.45) is 3.27. The fourth-order valence-corrected chi connectivity index (χ4v) is 4.41. The summed E-state index contributed by atoms with van der Waals surface area (Å²) < 4.78 is 36.1. The molecule has 0 bridgehead atoms. The Balaban J connectivity index is 2.07. The smallest absolute Gasteiger partial charge is 0.182 e. The van der Waals surface area contributed by atoms with E-state index >= 15 is 0 Å². The van der Waals surface area contributed by atoms with Crippen molar-refractivity contribution in [3.05, 3.63) is 72.2 Å². The van der Waals surface area contributed by atoms with E-state index in [0.29, 0.717) is 17.1 Å². The number of rotatable bonds is 7. The molecule has 136 valence electrons. The van der Waals surface area contributed by atoms with Crippen molar-refractivity contribution in [1.82, 2.24) is 0 Å². The molecule has 0 aliphatic carbocycles. The third-order valence-electron chi connectivity index (χ3n) is 4.23. The Morgan fingerprint density at radius 1 is 1.08 bits per heavy atom. The van der Waals surface area contributed by atoms with Gasteiger partial charge in [-0.1, -0.05) is 30.3 Å². The second-order valence-corrected chi connectivity index (χ2v) is 7.88. The third kappa shape index (κ3) is 3.66. The van der Waals surface area contributed by atoms with E-state index in [-0.39, 0.29) is 5.75 Å². The average Bonchev–Trinajstić information content (AvgIpc) is 3.18. The summed E-state index contributed by atoms with van der Waals surface area (Å²) in [5.41, 5.74) is 4.24. The summed E-state index contributed by atoms with van der Waals surface area (Å²) in [7, 11) is -0.0379. The Kier molecular flexibility index (Phi) is 5.44. The van der Waals surface area contributed by atoms with Gasteiger partial charge < -0.3 is 14.5 Å². The summed E-state index contributed by atoms with van der Waals surface area (Å²) in [6.45, 7) is 0.307. The normalized spacial score (nSPS) is 11.5. The molecule has 0 saturated heterocycles. The van der Waals surface area contributed by atoms with Crippen molar-refractivity contribution in [2.24, 2.45) is 0 Å². The van der Waals surface area contributed by atoms with Gasteiger partial charge in [0.15, 0.2) is 9.84 Å². The average molecular weight is 371 g/mol. The molecular weight excluding hydrogens is 350 g/mol. The molecule has 2 aromatic carbocycles. The predicted octanol–water partition coefficient (Wildman–Crippen LogP) is 4.11. The minimum atomic E-state index is -3.45. The van der Waals surface area contributed by atoms with Gasteiger partial charge in [0.05, 0.1) is 29.8 Å². The van der Waals surface area contributed by atoms with E-state index in [1.807, 2.05) is 25.2 Å². The zero-order valence-electron chi connectivity index (χ0n) is 14.7. The molecule has 3 aromatic rings. The first-order chi connectivity index (χ1) is 12.6. The van der Waals surface area contributed by atoms with E-state index in [2.05, 4.69) is 5.32 Å². The summed E-state index contributed by atoms with van der Waals surface area (Å²) in [4.78, 5) is 0.313. The lowest BCUT2D eigenvalue weighted by molar-refractivity contribution is 0.185. The first-order valence-corrected chi connectivity index (χ1v) is 9.84. The largest absolute Gasteiger partial charge is 0.472 e. The van der Waals surface area contributed by atoms with Gasteiger partial charge in [-0.25, -0.2) is 8.42 Å². The molecular formula is C20H21NO4S. The van der Waals surface area contributed by atoms with E-state index in [4.69, 9.17) is 9.15 Å². The monoisotopic (exact) mass is 371 g/mol. The molecule has 1 N–H and O–H groups in total. The number of hydrogen-bond donors (Lipinski definition) is 1. The molecule has 0 spiro atoms.